The van der Waals surface area contributed by atoms with Crippen LogP contribution < -0.4 is 4.74 Å². The first kappa shape index (κ1) is 31.2. The second-order valence-corrected chi connectivity index (χ2v) is 10.9. The molecule has 5 aromatic rings. The van der Waals surface area contributed by atoms with E-state index in [2.05, 4.69) is 11.7 Å². The molecule has 226 valence electrons. The molecule has 0 spiro atoms. The molecule has 1 nitrogen and oxygen atoms in total. The smallest absolute Gasteiger partial charge is 0.429 e. The fraction of sp³-hybridized carbons (Fsp3) is 0.167. The van der Waals surface area contributed by atoms with Crippen molar-refractivity contribution in [1.82, 2.24) is 0 Å². The number of rotatable bonds is 10. The highest BCUT2D eigenvalue weighted by molar-refractivity contribution is 6.30. The third-order valence-electron chi connectivity index (χ3n) is 7.31. The van der Waals surface area contributed by atoms with Crippen molar-refractivity contribution >= 4 is 11.6 Å². The van der Waals surface area contributed by atoms with Gasteiger partial charge in [0.1, 0.15) is 34.6 Å². The van der Waals surface area contributed by atoms with Crippen LogP contribution >= 0.6 is 11.6 Å². The van der Waals surface area contributed by atoms with E-state index in [0.29, 0.717) is 22.2 Å². The van der Waals surface area contributed by atoms with Gasteiger partial charge in [-0.05, 0) is 83.1 Å². The van der Waals surface area contributed by atoms with Crippen molar-refractivity contribution in [2.45, 2.75) is 38.7 Å². The van der Waals surface area contributed by atoms with Gasteiger partial charge in [0.15, 0.2) is 0 Å². The van der Waals surface area contributed by atoms with Crippen molar-refractivity contribution < 1.29 is 31.1 Å². The van der Waals surface area contributed by atoms with Gasteiger partial charge in [0.2, 0.25) is 0 Å². The maximum Gasteiger partial charge on any atom is 0.432 e. The van der Waals surface area contributed by atoms with Crippen LogP contribution in [0.2, 0.25) is 5.02 Å². The Morgan fingerprint density at radius 3 is 1.75 bits per heavy atom. The Kier molecular flexibility index (Phi) is 9.35. The molecule has 0 N–H and O–H groups in total. The van der Waals surface area contributed by atoms with Gasteiger partial charge in [0.25, 0.3) is 0 Å². The third-order valence-corrected chi connectivity index (χ3v) is 7.56. The molecule has 0 amide bonds. The Hall–Kier alpha value is -4.23. The lowest BCUT2D eigenvalue weighted by Crippen LogP contribution is -2.25. The fourth-order valence-corrected chi connectivity index (χ4v) is 5.13. The van der Waals surface area contributed by atoms with E-state index in [1.54, 1.807) is 36.4 Å². The first-order valence-corrected chi connectivity index (χ1v) is 14.4. The number of benzene rings is 5. The molecule has 0 heterocycles. The monoisotopic (exact) mass is 624 g/mol. The summed E-state index contributed by atoms with van der Waals surface area (Å²) in [5, 5.41) is 0.488. The van der Waals surface area contributed by atoms with Crippen LogP contribution in [0.5, 0.6) is 5.75 Å². The van der Waals surface area contributed by atoms with Crippen molar-refractivity contribution in [2.75, 3.05) is 0 Å². The number of hydrogen-bond acceptors (Lipinski definition) is 1. The molecular formula is C36H27ClF6O. The van der Waals surface area contributed by atoms with Gasteiger partial charge in [-0.25, -0.2) is 17.6 Å². The van der Waals surface area contributed by atoms with Gasteiger partial charge in [-0.1, -0.05) is 79.9 Å². The average molecular weight is 625 g/mol. The molecule has 0 aliphatic carbocycles. The summed E-state index contributed by atoms with van der Waals surface area (Å²) in [6.45, 7) is 2.10. The second kappa shape index (κ2) is 13.2. The topological polar surface area (TPSA) is 9.23 Å². The van der Waals surface area contributed by atoms with E-state index in [4.69, 9.17) is 11.6 Å². The highest BCUT2D eigenvalue weighted by atomic mass is 35.5. The SMILES string of the molecule is CCCCCc1ccc(-c2cc(F)c(C(F)(F)Oc3ccc(-c4ccc(-c5ccc(Cl)cc5)c(F)c4)c(F)c3)c(F)c2)cc1. The quantitative estimate of drug-likeness (QED) is 0.111. The van der Waals surface area contributed by atoms with Gasteiger partial charge in [0.05, 0.1) is 0 Å². The summed E-state index contributed by atoms with van der Waals surface area (Å²) in [5.74, 6) is -5.31. The molecule has 0 saturated carbocycles. The maximum absolute atomic E-state index is 15.1. The standard InChI is InChI=1S/C36H27ClF6O/c1-2-3-4-5-22-6-8-23(9-7-22)26-19-33(40)35(34(41)20-26)36(42,43)44-28-15-17-30(32(39)21-28)25-12-16-29(31(38)18-25)24-10-13-27(37)14-11-24/h6-21H,2-5H2,1H3. The molecule has 0 fully saturated rings. The lowest BCUT2D eigenvalue weighted by Gasteiger charge is -2.20. The van der Waals surface area contributed by atoms with Crippen LogP contribution in [0.1, 0.15) is 37.3 Å². The molecule has 0 bridgehead atoms. The largest absolute Gasteiger partial charge is 0.432 e. The first-order chi connectivity index (χ1) is 21.1. The van der Waals surface area contributed by atoms with Gasteiger partial charge in [-0.3, -0.25) is 0 Å². The van der Waals surface area contributed by atoms with Crippen molar-refractivity contribution in [2.24, 2.45) is 0 Å². The minimum Gasteiger partial charge on any atom is -0.429 e. The Labute approximate surface area is 256 Å². The number of halogens is 7. The molecule has 0 saturated heterocycles. The van der Waals surface area contributed by atoms with Gasteiger partial charge in [-0.15, -0.1) is 0 Å². The molecule has 0 aliphatic heterocycles. The normalized spacial score (nSPS) is 11.5. The zero-order valence-electron chi connectivity index (χ0n) is 23.6. The fourth-order valence-electron chi connectivity index (χ4n) is 5.00. The van der Waals surface area contributed by atoms with Crippen LogP contribution in [0.4, 0.5) is 26.3 Å². The van der Waals surface area contributed by atoms with Gasteiger partial charge in [0, 0.05) is 22.2 Å². The van der Waals surface area contributed by atoms with E-state index < -0.39 is 40.7 Å². The molecule has 5 aromatic carbocycles. The molecule has 0 aliphatic rings. The van der Waals surface area contributed by atoms with Crippen molar-refractivity contribution in [1.29, 1.82) is 0 Å². The average Bonchev–Trinajstić information content (AvgIpc) is 2.97. The maximum atomic E-state index is 15.1. The van der Waals surface area contributed by atoms with E-state index in [0.717, 1.165) is 61.6 Å². The summed E-state index contributed by atoms with van der Waals surface area (Å²) < 4.78 is 94.5. The molecule has 8 heteroatoms. The Morgan fingerprint density at radius 1 is 0.591 bits per heavy atom. The Bertz CT molecular complexity index is 1740. The Morgan fingerprint density at radius 2 is 1.14 bits per heavy atom. The minimum atomic E-state index is -4.46. The Balaban J connectivity index is 1.34. The predicted octanol–water partition coefficient (Wildman–Crippen LogP) is 11.8. The molecule has 0 radical (unpaired) electrons. The second-order valence-electron chi connectivity index (χ2n) is 10.4. The lowest BCUT2D eigenvalue weighted by atomic mass is 9.99. The summed E-state index contributed by atoms with van der Waals surface area (Å²) in [6.07, 6.45) is -0.400. The van der Waals surface area contributed by atoms with E-state index in [-0.39, 0.29) is 22.3 Å². The van der Waals surface area contributed by atoms with E-state index in [1.165, 1.54) is 12.1 Å². The highest BCUT2D eigenvalue weighted by Gasteiger charge is 2.41. The third kappa shape index (κ3) is 6.94. The molecule has 0 unspecified atom stereocenters. The minimum absolute atomic E-state index is 0.0830. The summed E-state index contributed by atoms with van der Waals surface area (Å²) in [5.41, 5.74) is 0.920. The molecule has 44 heavy (non-hydrogen) atoms. The lowest BCUT2D eigenvalue weighted by molar-refractivity contribution is -0.189. The zero-order valence-corrected chi connectivity index (χ0v) is 24.4. The highest BCUT2D eigenvalue weighted by Crippen LogP contribution is 2.38. The van der Waals surface area contributed by atoms with Gasteiger partial charge < -0.3 is 4.74 Å². The summed E-state index contributed by atoms with van der Waals surface area (Å²) in [6, 6.07) is 22.0. The number of hydrogen-bond donors (Lipinski definition) is 0. The number of aryl methyl sites for hydroxylation is 1. The first-order valence-electron chi connectivity index (χ1n) is 14.1. The van der Waals surface area contributed by atoms with Crippen LogP contribution in [0, 0.1) is 23.3 Å². The summed E-state index contributed by atoms with van der Waals surface area (Å²) in [7, 11) is 0. The summed E-state index contributed by atoms with van der Waals surface area (Å²) >= 11 is 5.88. The summed E-state index contributed by atoms with van der Waals surface area (Å²) in [4.78, 5) is 0. The van der Waals surface area contributed by atoms with Gasteiger partial charge in [-0.2, -0.15) is 8.78 Å². The zero-order chi connectivity index (χ0) is 31.4. The molecule has 5 rings (SSSR count). The van der Waals surface area contributed by atoms with Crippen LogP contribution in [0.3, 0.4) is 0 Å². The van der Waals surface area contributed by atoms with Crippen LogP contribution in [-0.4, -0.2) is 0 Å². The van der Waals surface area contributed by atoms with Crippen molar-refractivity contribution in [3.8, 4) is 39.1 Å². The van der Waals surface area contributed by atoms with Crippen LogP contribution in [0.15, 0.2) is 97.1 Å². The van der Waals surface area contributed by atoms with Gasteiger partial charge >= 0.3 is 6.11 Å². The van der Waals surface area contributed by atoms with E-state index in [9.17, 15) is 13.2 Å². The molecular weight excluding hydrogens is 598 g/mol. The number of alkyl halides is 2. The van der Waals surface area contributed by atoms with E-state index >= 15 is 13.2 Å². The number of ether oxygens (including phenoxy) is 1. The van der Waals surface area contributed by atoms with Crippen LogP contribution in [-0.2, 0) is 12.5 Å². The van der Waals surface area contributed by atoms with Crippen molar-refractivity contribution in [3.05, 3.63) is 136 Å². The van der Waals surface area contributed by atoms with Crippen molar-refractivity contribution in [3.63, 3.8) is 0 Å². The predicted molar refractivity (Wildman–Crippen MR) is 162 cm³/mol. The number of unbranched alkanes of at least 4 members (excludes halogenated alkanes) is 2. The molecule has 0 aromatic heterocycles. The van der Waals surface area contributed by atoms with E-state index in [1.807, 2.05) is 12.1 Å². The van der Waals surface area contributed by atoms with Crippen LogP contribution in [0.25, 0.3) is 33.4 Å². The molecule has 0 atom stereocenters.